The molecule has 0 aliphatic heterocycles. The fourth-order valence-corrected chi connectivity index (χ4v) is 2.65. The molecule has 6 nitrogen and oxygen atoms in total. The molecule has 3 aromatic rings. The van der Waals surface area contributed by atoms with Gasteiger partial charge >= 0.3 is 11.8 Å². The predicted octanol–water partition coefficient (Wildman–Crippen LogP) is 4.47. The molecule has 0 spiro atoms. The normalized spacial score (nSPS) is 11.0. The highest BCUT2D eigenvalue weighted by Crippen LogP contribution is 2.21. The van der Waals surface area contributed by atoms with Crippen molar-refractivity contribution in [2.75, 3.05) is 10.6 Å². The fraction of sp³-hybridized carbons (Fsp3) is 0.176. The molecule has 2 aromatic carbocycles. The summed E-state index contributed by atoms with van der Waals surface area (Å²) in [6, 6.07) is 11.5. The Morgan fingerprint density at radius 2 is 1.83 bits per heavy atom. The van der Waals surface area contributed by atoms with Gasteiger partial charge in [-0.3, -0.25) is 4.57 Å². The second kappa shape index (κ2) is 6.41. The van der Waals surface area contributed by atoms with E-state index in [2.05, 4.69) is 10.6 Å². The maximum absolute atomic E-state index is 12.0. The second-order valence-electron chi connectivity index (χ2n) is 5.60. The van der Waals surface area contributed by atoms with Crippen molar-refractivity contribution in [2.24, 2.45) is 0 Å². The minimum atomic E-state index is -0.416. The summed E-state index contributed by atoms with van der Waals surface area (Å²) in [6.45, 7) is 3.81. The molecule has 0 fully saturated rings. The number of amides is 2. The van der Waals surface area contributed by atoms with E-state index in [-0.39, 0.29) is 6.04 Å². The Labute approximate surface area is 143 Å². The minimum absolute atomic E-state index is 0.0105. The lowest BCUT2D eigenvalue weighted by atomic mass is 10.2. The SMILES string of the molecule is CC(C)n1c(=O)oc2cc(NC(=O)Nc3cccc(Cl)c3)ccc21. The van der Waals surface area contributed by atoms with Crippen LogP contribution < -0.4 is 16.4 Å². The molecule has 3 rings (SSSR count). The molecule has 0 saturated carbocycles. The van der Waals surface area contributed by atoms with Crippen LogP contribution in [0.4, 0.5) is 16.2 Å². The standard InChI is InChI=1S/C17H16ClN3O3/c1-10(2)21-14-7-6-13(9-15(14)24-17(21)23)20-16(22)19-12-5-3-4-11(18)8-12/h3-10H,1-2H3,(H2,19,20,22). The van der Waals surface area contributed by atoms with Crippen LogP contribution in [0.2, 0.25) is 5.02 Å². The Bertz CT molecular complexity index is 959. The number of nitrogens with one attached hydrogen (secondary N) is 2. The first kappa shape index (κ1) is 16.1. The maximum atomic E-state index is 12.0. The molecule has 2 N–H and O–H groups in total. The van der Waals surface area contributed by atoms with Crippen LogP contribution in [-0.4, -0.2) is 10.6 Å². The molecule has 0 radical (unpaired) electrons. The lowest BCUT2D eigenvalue weighted by molar-refractivity contribution is 0.262. The average molecular weight is 346 g/mol. The fourth-order valence-electron chi connectivity index (χ4n) is 2.46. The summed E-state index contributed by atoms with van der Waals surface area (Å²) in [5.41, 5.74) is 2.22. The molecule has 1 aromatic heterocycles. The quantitative estimate of drug-likeness (QED) is 0.735. The third kappa shape index (κ3) is 3.28. The molecule has 7 heteroatoms. The lowest BCUT2D eigenvalue weighted by Crippen LogP contribution is -2.19. The highest BCUT2D eigenvalue weighted by molar-refractivity contribution is 6.30. The van der Waals surface area contributed by atoms with Crippen LogP contribution in [0.1, 0.15) is 19.9 Å². The van der Waals surface area contributed by atoms with Crippen LogP contribution >= 0.6 is 11.6 Å². The Balaban J connectivity index is 1.80. The number of urea groups is 1. The number of rotatable bonds is 3. The maximum Gasteiger partial charge on any atom is 0.420 e. The van der Waals surface area contributed by atoms with Crippen LogP contribution in [0.15, 0.2) is 51.7 Å². The highest BCUT2D eigenvalue weighted by atomic mass is 35.5. The summed E-state index contributed by atoms with van der Waals surface area (Å²) in [5, 5.41) is 5.91. The first-order chi connectivity index (χ1) is 11.4. The van der Waals surface area contributed by atoms with Gasteiger partial charge in [-0.2, -0.15) is 0 Å². The van der Waals surface area contributed by atoms with E-state index in [1.807, 2.05) is 13.8 Å². The van der Waals surface area contributed by atoms with Crippen molar-refractivity contribution in [3.8, 4) is 0 Å². The number of aromatic nitrogens is 1. The van der Waals surface area contributed by atoms with E-state index < -0.39 is 11.8 Å². The summed E-state index contributed by atoms with van der Waals surface area (Å²) in [5.74, 6) is -0.416. The van der Waals surface area contributed by atoms with Crippen molar-refractivity contribution in [2.45, 2.75) is 19.9 Å². The van der Waals surface area contributed by atoms with Crippen molar-refractivity contribution in [1.29, 1.82) is 0 Å². The van der Waals surface area contributed by atoms with Crippen molar-refractivity contribution in [3.05, 3.63) is 58.0 Å². The third-order valence-corrected chi connectivity index (χ3v) is 3.71. The van der Waals surface area contributed by atoms with Crippen LogP contribution in [0, 0.1) is 0 Å². The third-order valence-electron chi connectivity index (χ3n) is 3.47. The average Bonchev–Trinajstić information content (AvgIpc) is 2.82. The van der Waals surface area contributed by atoms with Gasteiger partial charge in [0.05, 0.1) is 5.52 Å². The van der Waals surface area contributed by atoms with Crippen LogP contribution in [0.5, 0.6) is 0 Å². The molecule has 0 aliphatic rings. The lowest BCUT2D eigenvalue weighted by Gasteiger charge is -2.08. The van der Waals surface area contributed by atoms with Crippen LogP contribution in [0.25, 0.3) is 11.1 Å². The van der Waals surface area contributed by atoms with E-state index in [4.69, 9.17) is 16.0 Å². The molecule has 0 atom stereocenters. The molecular weight excluding hydrogens is 330 g/mol. The van der Waals surface area contributed by atoms with E-state index in [9.17, 15) is 9.59 Å². The number of carbonyl (C=O) groups is 1. The summed E-state index contributed by atoms with van der Waals surface area (Å²) < 4.78 is 6.80. The molecular formula is C17H16ClN3O3. The predicted molar refractivity (Wildman–Crippen MR) is 95.0 cm³/mol. The van der Waals surface area contributed by atoms with E-state index in [0.29, 0.717) is 27.5 Å². The number of nitrogens with zero attached hydrogens (tertiary/aromatic N) is 1. The van der Waals surface area contributed by atoms with Crippen molar-refractivity contribution in [1.82, 2.24) is 4.57 Å². The zero-order chi connectivity index (χ0) is 17.3. The van der Waals surface area contributed by atoms with E-state index in [1.54, 1.807) is 47.0 Å². The number of fused-ring (bicyclic) bond motifs is 1. The second-order valence-corrected chi connectivity index (χ2v) is 6.04. The van der Waals surface area contributed by atoms with Crippen molar-refractivity contribution < 1.29 is 9.21 Å². The largest absolute Gasteiger partial charge is 0.420 e. The number of hydrogen-bond acceptors (Lipinski definition) is 3. The number of carbonyl (C=O) groups excluding carboxylic acids is 1. The number of anilines is 2. The van der Waals surface area contributed by atoms with E-state index >= 15 is 0 Å². The van der Waals surface area contributed by atoms with Gasteiger partial charge in [0.15, 0.2) is 5.58 Å². The molecule has 0 bridgehead atoms. The Kier molecular flexibility index (Phi) is 4.31. The first-order valence-electron chi connectivity index (χ1n) is 7.42. The summed E-state index contributed by atoms with van der Waals surface area (Å²) in [4.78, 5) is 23.9. The molecule has 0 saturated heterocycles. The smallest absolute Gasteiger partial charge is 0.408 e. The van der Waals surface area contributed by atoms with Gasteiger partial charge in [0.1, 0.15) is 0 Å². The molecule has 0 aliphatic carbocycles. The monoisotopic (exact) mass is 345 g/mol. The zero-order valence-corrected chi connectivity index (χ0v) is 13.9. The molecule has 0 unspecified atom stereocenters. The van der Waals surface area contributed by atoms with Crippen molar-refractivity contribution in [3.63, 3.8) is 0 Å². The number of oxazole rings is 1. The molecule has 2 amide bonds. The van der Waals surface area contributed by atoms with Gasteiger partial charge in [-0.25, -0.2) is 9.59 Å². The number of benzene rings is 2. The molecule has 24 heavy (non-hydrogen) atoms. The zero-order valence-electron chi connectivity index (χ0n) is 13.2. The van der Waals surface area contributed by atoms with Crippen molar-refractivity contribution >= 4 is 40.1 Å². The Morgan fingerprint density at radius 3 is 2.50 bits per heavy atom. The van der Waals surface area contributed by atoms with Gasteiger partial charge in [-0.15, -0.1) is 0 Å². The Hall–Kier alpha value is -2.73. The number of hydrogen-bond donors (Lipinski definition) is 2. The van der Waals surface area contributed by atoms with Crippen LogP contribution in [0.3, 0.4) is 0 Å². The van der Waals surface area contributed by atoms with Gasteiger partial charge in [0, 0.05) is 28.5 Å². The van der Waals surface area contributed by atoms with Crippen LogP contribution in [-0.2, 0) is 0 Å². The first-order valence-corrected chi connectivity index (χ1v) is 7.80. The highest BCUT2D eigenvalue weighted by Gasteiger charge is 2.13. The van der Waals surface area contributed by atoms with E-state index in [0.717, 1.165) is 0 Å². The van der Waals surface area contributed by atoms with Gasteiger partial charge in [0.25, 0.3) is 0 Å². The Morgan fingerprint density at radius 1 is 1.12 bits per heavy atom. The van der Waals surface area contributed by atoms with Gasteiger partial charge in [0.2, 0.25) is 0 Å². The van der Waals surface area contributed by atoms with Gasteiger partial charge in [-0.05, 0) is 44.2 Å². The summed E-state index contributed by atoms with van der Waals surface area (Å²) in [6.07, 6.45) is 0. The minimum Gasteiger partial charge on any atom is -0.408 e. The molecule has 124 valence electrons. The topological polar surface area (TPSA) is 76.3 Å². The molecule has 1 heterocycles. The summed E-state index contributed by atoms with van der Waals surface area (Å²) in [7, 11) is 0. The summed E-state index contributed by atoms with van der Waals surface area (Å²) >= 11 is 5.88. The number of halogens is 1. The van der Waals surface area contributed by atoms with Gasteiger partial charge in [-0.1, -0.05) is 17.7 Å². The van der Waals surface area contributed by atoms with E-state index in [1.165, 1.54) is 0 Å². The van der Waals surface area contributed by atoms with Gasteiger partial charge < -0.3 is 15.1 Å².